The number of carbonyl (C=O) groups is 1. The van der Waals surface area contributed by atoms with Gasteiger partial charge in [-0.15, -0.1) is 0 Å². The Morgan fingerprint density at radius 3 is 2.46 bits per heavy atom. The molecule has 1 aromatic heterocycles. The molecule has 0 spiro atoms. The Morgan fingerprint density at radius 1 is 1.17 bits per heavy atom. The van der Waals surface area contributed by atoms with E-state index in [1.165, 1.54) is 51.5 Å². The van der Waals surface area contributed by atoms with Crippen molar-refractivity contribution in [3.05, 3.63) is 66.1 Å². The number of rotatable bonds is 9. The molecule has 1 aliphatic rings. The number of aliphatic hydroxyl groups is 1. The lowest BCUT2D eigenvalue weighted by Gasteiger charge is -2.38. The van der Waals surface area contributed by atoms with E-state index in [0.29, 0.717) is 0 Å². The van der Waals surface area contributed by atoms with Gasteiger partial charge in [0.15, 0.2) is 5.03 Å². The second-order valence-electron chi connectivity index (χ2n) is 10.4. The summed E-state index contributed by atoms with van der Waals surface area (Å²) >= 11 is 0. The molecule has 0 unspecified atom stereocenters. The Morgan fingerprint density at radius 2 is 1.85 bits per heavy atom. The molecule has 41 heavy (non-hydrogen) atoms. The van der Waals surface area contributed by atoms with Crippen LogP contribution < -0.4 is 9.46 Å². The van der Waals surface area contributed by atoms with E-state index >= 15 is 0 Å². The van der Waals surface area contributed by atoms with E-state index in [9.17, 15) is 26.7 Å². The van der Waals surface area contributed by atoms with Crippen molar-refractivity contribution in [2.45, 2.75) is 42.8 Å². The van der Waals surface area contributed by atoms with Crippen LogP contribution in [0, 0.1) is 12.8 Å². The minimum absolute atomic E-state index is 0.0135. The summed E-state index contributed by atoms with van der Waals surface area (Å²) in [5.41, 5.74) is 1.13. The molecule has 4 rings (SSSR count). The summed E-state index contributed by atoms with van der Waals surface area (Å²) in [6.07, 6.45) is 2.04. The number of sulfonamides is 2. The standard InChI is InChI=1S/C27H35N5O7S2/c1-18-6-9-22(10-7-18)41(37,38)31(5)14-25-19(2)13-32(20(3)16-33)27(34)23-12-21(8-11-24(23)39-25)29-40(35,36)26-15-30(4)17-28-26/h6-12,15,17,19-20,25,29,33H,13-14,16H2,1-5H3/t19-,20+,25-/m0/s1. The van der Waals surface area contributed by atoms with Crippen molar-refractivity contribution in [3.8, 4) is 5.75 Å². The molecule has 222 valence electrons. The molecule has 1 aliphatic heterocycles. The van der Waals surface area contributed by atoms with Gasteiger partial charge < -0.3 is 19.3 Å². The number of carbonyl (C=O) groups excluding carboxylic acids is 1. The molecule has 2 heterocycles. The van der Waals surface area contributed by atoms with Gasteiger partial charge in [0, 0.05) is 38.4 Å². The number of imidazole rings is 1. The Bertz CT molecular complexity index is 1620. The lowest BCUT2D eigenvalue weighted by atomic mass is 9.99. The second-order valence-corrected chi connectivity index (χ2v) is 14.1. The highest BCUT2D eigenvalue weighted by atomic mass is 32.2. The number of fused-ring (bicyclic) bond motifs is 1. The van der Waals surface area contributed by atoms with E-state index in [2.05, 4.69) is 9.71 Å². The highest BCUT2D eigenvalue weighted by Gasteiger charge is 2.35. The van der Waals surface area contributed by atoms with Gasteiger partial charge in [0.25, 0.3) is 15.9 Å². The zero-order chi connectivity index (χ0) is 30.1. The van der Waals surface area contributed by atoms with Crippen LogP contribution in [-0.2, 0) is 27.1 Å². The summed E-state index contributed by atoms with van der Waals surface area (Å²) in [5, 5.41) is 9.70. The van der Waals surface area contributed by atoms with Gasteiger partial charge >= 0.3 is 0 Å². The number of aliphatic hydroxyl groups excluding tert-OH is 1. The Kier molecular flexibility index (Phi) is 8.78. The first-order chi connectivity index (χ1) is 19.2. The number of nitrogens with one attached hydrogen (secondary N) is 1. The van der Waals surface area contributed by atoms with E-state index in [0.717, 1.165) is 5.56 Å². The van der Waals surface area contributed by atoms with E-state index in [-0.39, 0.29) is 52.5 Å². The monoisotopic (exact) mass is 605 g/mol. The van der Waals surface area contributed by atoms with Crippen molar-refractivity contribution in [1.29, 1.82) is 0 Å². The maximum Gasteiger partial charge on any atom is 0.280 e. The van der Waals surface area contributed by atoms with Crippen LogP contribution >= 0.6 is 0 Å². The highest BCUT2D eigenvalue weighted by molar-refractivity contribution is 7.92. The average molecular weight is 606 g/mol. The first-order valence-corrected chi connectivity index (χ1v) is 15.9. The molecule has 0 saturated carbocycles. The predicted molar refractivity (Wildman–Crippen MR) is 153 cm³/mol. The summed E-state index contributed by atoms with van der Waals surface area (Å²) in [6, 6.07) is 10.3. The molecule has 14 heteroatoms. The van der Waals surface area contributed by atoms with Crippen molar-refractivity contribution >= 4 is 31.6 Å². The number of aryl methyl sites for hydroxylation is 2. The van der Waals surface area contributed by atoms with E-state index in [1.807, 2.05) is 13.8 Å². The number of amides is 1. The maximum absolute atomic E-state index is 13.7. The third kappa shape index (κ3) is 6.56. The number of hydrogen-bond donors (Lipinski definition) is 2. The minimum atomic E-state index is -4.03. The van der Waals surface area contributed by atoms with Crippen LogP contribution in [-0.4, -0.2) is 85.5 Å². The molecule has 2 N–H and O–H groups in total. The molecular formula is C27H35N5O7S2. The van der Waals surface area contributed by atoms with Crippen molar-refractivity contribution < 1.29 is 31.5 Å². The number of anilines is 1. The number of aromatic nitrogens is 2. The quantitative estimate of drug-likeness (QED) is 0.376. The zero-order valence-corrected chi connectivity index (χ0v) is 25.2. The summed E-state index contributed by atoms with van der Waals surface area (Å²) in [6.45, 7) is 5.28. The van der Waals surface area contributed by atoms with Crippen molar-refractivity contribution in [3.63, 3.8) is 0 Å². The highest BCUT2D eigenvalue weighted by Crippen LogP contribution is 2.32. The van der Waals surface area contributed by atoms with Gasteiger partial charge in [0.1, 0.15) is 11.9 Å². The molecule has 0 aliphatic carbocycles. The van der Waals surface area contributed by atoms with Gasteiger partial charge in [-0.05, 0) is 44.2 Å². The molecule has 0 saturated heterocycles. The van der Waals surface area contributed by atoms with Crippen LogP contribution in [0.25, 0.3) is 0 Å². The first kappa shape index (κ1) is 30.5. The number of ether oxygens (including phenoxy) is 1. The molecule has 2 aromatic carbocycles. The average Bonchev–Trinajstić information content (AvgIpc) is 3.38. The fraction of sp³-hybridized carbons (Fsp3) is 0.407. The molecule has 0 fully saturated rings. The molecule has 3 aromatic rings. The van der Waals surface area contributed by atoms with Crippen LogP contribution in [0.2, 0.25) is 0 Å². The summed E-state index contributed by atoms with van der Waals surface area (Å²) < 4.78 is 63.7. The van der Waals surface area contributed by atoms with Gasteiger partial charge in [-0.25, -0.2) is 13.4 Å². The summed E-state index contributed by atoms with van der Waals surface area (Å²) in [7, 11) is -4.74. The molecule has 0 bridgehead atoms. The lowest BCUT2D eigenvalue weighted by Crippen LogP contribution is -2.50. The van der Waals surface area contributed by atoms with Gasteiger partial charge in [-0.2, -0.15) is 12.7 Å². The zero-order valence-electron chi connectivity index (χ0n) is 23.6. The van der Waals surface area contributed by atoms with Gasteiger partial charge in [-0.3, -0.25) is 9.52 Å². The third-order valence-corrected chi connectivity index (χ3v) is 10.1. The molecule has 0 radical (unpaired) electrons. The van der Waals surface area contributed by atoms with Gasteiger partial charge in [0.05, 0.1) is 36.0 Å². The van der Waals surface area contributed by atoms with Crippen LogP contribution in [0.15, 0.2) is 64.9 Å². The molecule has 1 amide bonds. The fourth-order valence-corrected chi connectivity index (χ4v) is 6.70. The summed E-state index contributed by atoms with van der Waals surface area (Å²) in [5.74, 6) is -0.603. The van der Waals surface area contributed by atoms with Gasteiger partial charge in [0.2, 0.25) is 10.0 Å². The largest absolute Gasteiger partial charge is 0.488 e. The third-order valence-electron chi connectivity index (χ3n) is 7.04. The summed E-state index contributed by atoms with van der Waals surface area (Å²) in [4.78, 5) is 19.2. The van der Waals surface area contributed by atoms with Gasteiger partial charge in [-0.1, -0.05) is 24.6 Å². The van der Waals surface area contributed by atoms with Crippen molar-refractivity contribution in [1.82, 2.24) is 18.8 Å². The topological polar surface area (TPSA) is 151 Å². The van der Waals surface area contributed by atoms with Crippen LogP contribution in [0.3, 0.4) is 0 Å². The van der Waals surface area contributed by atoms with E-state index < -0.39 is 38.1 Å². The number of likely N-dealkylation sites (N-methyl/N-ethyl adjacent to an activating group) is 1. The van der Waals surface area contributed by atoms with Crippen LogP contribution in [0.4, 0.5) is 5.69 Å². The minimum Gasteiger partial charge on any atom is -0.488 e. The lowest BCUT2D eigenvalue weighted by molar-refractivity contribution is 0.0387. The normalized spacial score (nSPS) is 18.8. The Hall–Kier alpha value is -3.46. The molecular weight excluding hydrogens is 570 g/mol. The SMILES string of the molecule is Cc1ccc(S(=O)(=O)N(C)C[C@@H]2Oc3ccc(NS(=O)(=O)c4cn(C)cn4)cc3C(=O)N([C@H](C)CO)C[C@@H]2C)cc1. The Balaban J connectivity index is 1.68. The van der Waals surface area contributed by atoms with Crippen LogP contribution in [0.5, 0.6) is 5.75 Å². The molecule has 3 atom stereocenters. The Labute approximate surface area is 240 Å². The van der Waals surface area contributed by atoms with Crippen molar-refractivity contribution in [2.24, 2.45) is 13.0 Å². The van der Waals surface area contributed by atoms with E-state index in [1.54, 1.807) is 38.2 Å². The number of nitrogens with zero attached hydrogens (tertiary/aromatic N) is 4. The van der Waals surface area contributed by atoms with E-state index in [4.69, 9.17) is 4.74 Å². The second kappa shape index (κ2) is 11.8. The number of hydrogen-bond acceptors (Lipinski definition) is 8. The van der Waals surface area contributed by atoms with Crippen LogP contribution in [0.1, 0.15) is 29.8 Å². The van der Waals surface area contributed by atoms with Crippen molar-refractivity contribution in [2.75, 3.05) is 31.5 Å². The smallest absolute Gasteiger partial charge is 0.280 e. The first-order valence-electron chi connectivity index (χ1n) is 13.0. The maximum atomic E-state index is 13.7. The predicted octanol–water partition coefficient (Wildman–Crippen LogP) is 2.07. The fourth-order valence-electron chi connectivity index (χ4n) is 4.48. The molecule has 12 nitrogen and oxygen atoms in total. The number of benzene rings is 2.